The zero-order valence-electron chi connectivity index (χ0n) is 18.9. The molecule has 0 radical (unpaired) electrons. The number of pyridine rings is 2. The van der Waals surface area contributed by atoms with Gasteiger partial charge in [0.05, 0.1) is 18.7 Å². The van der Waals surface area contributed by atoms with Crippen molar-refractivity contribution in [3.8, 4) is 11.5 Å². The third kappa shape index (κ3) is 4.08. The molecule has 2 aromatic heterocycles. The minimum Gasteiger partial charge on any atom is -0.507 e. The quantitative estimate of drug-likeness (QED) is 0.643. The summed E-state index contributed by atoms with van der Waals surface area (Å²) in [7, 11) is 1.63. The summed E-state index contributed by atoms with van der Waals surface area (Å²) >= 11 is 0. The van der Waals surface area contributed by atoms with Gasteiger partial charge in [-0.05, 0) is 38.1 Å². The van der Waals surface area contributed by atoms with Gasteiger partial charge < -0.3 is 19.3 Å². The molecule has 1 aliphatic heterocycles. The van der Waals surface area contributed by atoms with Crippen LogP contribution in [0, 0.1) is 6.92 Å². The number of para-hydroxylation sites is 1. The summed E-state index contributed by atoms with van der Waals surface area (Å²) in [6.45, 7) is 7.33. The van der Waals surface area contributed by atoms with Gasteiger partial charge in [0.15, 0.2) is 0 Å². The molecular weight excluding hydrogens is 404 g/mol. The second-order valence-electron chi connectivity index (χ2n) is 7.99. The number of hydrogen-bond donors (Lipinski definition) is 1. The lowest BCUT2D eigenvalue weighted by molar-refractivity contribution is 0.203. The van der Waals surface area contributed by atoms with E-state index in [0.717, 1.165) is 43.3 Å². The van der Waals surface area contributed by atoms with Gasteiger partial charge in [-0.3, -0.25) is 9.69 Å². The first-order chi connectivity index (χ1) is 15.5. The van der Waals surface area contributed by atoms with E-state index in [9.17, 15) is 9.90 Å². The largest absolute Gasteiger partial charge is 0.507 e. The SMILES string of the molecule is CCn1c(C)cc(O)c([C@@H](c2ccccc2OC)N2CCN(c3ccccn3)CC2)c1=O. The van der Waals surface area contributed by atoms with Crippen molar-refractivity contribution in [1.29, 1.82) is 0 Å². The Morgan fingerprint density at radius 1 is 1.09 bits per heavy atom. The van der Waals surface area contributed by atoms with Crippen molar-refractivity contribution in [2.75, 3.05) is 38.2 Å². The Labute approximate surface area is 188 Å². The fourth-order valence-corrected chi connectivity index (χ4v) is 4.60. The van der Waals surface area contributed by atoms with Crippen LogP contribution in [0.3, 0.4) is 0 Å². The van der Waals surface area contributed by atoms with Gasteiger partial charge in [0.25, 0.3) is 5.56 Å². The van der Waals surface area contributed by atoms with Gasteiger partial charge in [0.1, 0.15) is 17.3 Å². The van der Waals surface area contributed by atoms with Crippen LogP contribution in [0.1, 0.15) is 29.8 Å². The van der Waals surface area contributed by atoms with E-state index in [0.29, 0.717) is 17.9 Å². The smallest absolute Gasteiger partial charge is 0.259 e. The molecule has 3 aromatic rings. The minimum atomic E-state index is -0.414. The summed E-state index contributed by atoms with van der Waals surface area (Å²) in [5.41, 5.74) is 1.86. The van der Waals surface area contributed by atoms with E-state index >= 15 is 0 Å². The van der Waals surface area contributed by atoms with Crippen molar-refractivity contribution in [3.63, 3.8) is 0 Å². The van der Waals surface area contributed by atoms with Crippen LogP contribution in [-0.2, 0) is 6.54 Å². The molecule has 1 saturated heterocycles. The van der Waals surface area contributed by atoms with Crippen molar-refractivity contribution < 1.29 is 9.84 Å². The van der Waals surface area contributed by atoms with Crippen LogP contribution < -0.4 is 15.2 Å². The second kappa shape index (κ2) is 9.44. The lowest BCUT2D eigenvalue weighted by Crippen LogP contribution is -2.49. The van der Waals surface area contributed by atoms with E-state index in [1.54, 1.807) is 23.9 Å². The third-order valence-electron chi connectivity index (χ3n) is 6.20. The third-order valence-corrected chi connectivity index (χ3v) is 6.20. The maximum atomic E-state index is 13.5. The number of rotatable bonds is 6. The number of nitrogens with zero attached hydrogens (tertiary/aromatic N) is 4. The minimum absolute atomic E-state index is 0.0280. The highest BCUT2D eigenvalue weighted by molar-refractivity contribution is 5.47. The average Bonchev–Trinajstić information content (AvgIpc) is 2.82. The first-order valence-electron chi connectivity index (χ1n) is 11.0. The Morgan fingerprint density at radius 2 is 1.81 bits per heavy atom. The van der Waals surface area contributed by atoms with Crippen LogP contribution in [0.4, 0.5) is 5.82 Å². The van der Waals surface area contributed by atoms with Gasteiger partial charge in [-0.15, -0.1) is 0 Å². The maximum absolute atomic E-state index is 13.5. The molecule has 168 valence electrons. The summed E-state index contributed by atoms with van der Waals surface area (Å²) in [4.78, 5) is 22.5. The van der Waals surface area contributed by atoms with E-state index in [-0.39, 0.29) is 11.3 Å². The summed E-state index contributed by atoms with van der Waals surface area (Å²) < 4.78 is 7.36. The zero-order valence-corrected chi connectivity index (χ0v) is 18.9. The maximum Gasteiger partial charge on any atom is 0.259 e. The topological polar surface area (TPSA) is 70.8 Å². The Hall–Kier alpha value is -3.32. The highest BCUT2D eigenvalue weighted by atomic mass is 16.5. The number of hydrogen-bond acceptors (Lipinski definition) is 6. The van der Waals surface area contributed by atoms with Gasteiger partial charge in [0.2, 0.25) is 0 Å². The molecular formula is C25H30N4O3. The molecule has 1 aromatic carbocycles. The second-order valence-corrected chi connectivity index (χ2v) is 7.99. The van der Waals surface area contributed by atoms with E-state index in [1.165, 1.54) is 0 Å². The number of aromatic nitrogens is 2. The number of aryl methyl sites for hydroxylation is 1. The van der Waals surface area contributed by atoms with E-state index in [4.69, 9.17) is 4.74 Å². The predicted octanol–water partition coefficient (Wildman–Crippen LogP) is 3.20. The summed E-state index contributed by atoms with van der Waals surface area (Å²) in [5.74, 6) is 1.68. The highest BCUT2D eigenvalue weighted by Crippen LogP contribution is 2.37. The molecule has 1 N–H and O–H groups in total. The van der Waals surface area contributed by atoms with E-state index in [1.807, 2.05) is 56.3 Å². The van der Waals surface area contributed by atoms with Crippen LogP contribution >= 0.6 is 0 Å². The zero-order chi connectivity index (χ0) is 22.7. The molecule has 3 heterocycles. The molecule has 7 heteroatoms. The van der Waals surface area contributed by atoms with Crippen molar-refractivity contribution >= 4 is 5.82 Å². The Kier molecular flexibility index (Phi) is 6.46. The molecule has 32 heavy (non-hydrogen) atoms. The van der Waals surface area contributed by atoms with Crippen molar-refractivity contribution in [2.45, 2.75) is 26.4 Å². The predicted molar refractivity (Wildman–Crippen MR) is 126 cm³/mol. The van der Waals surface area contributed by atoms with Crippen LogP contribution in [0.15, 0.2) is 59.5 Å². The summed E-state index contributed by atoms with van der Waals surface area (Å²) in [5, 5.41) is 10.9. The van der Waals surface area contributed by atoms with E-state index in [2.05, 4.69) is 14.8 Å². The van der Waals surface area contributed by atoms with Gasteiger partial charge in [-0.2, -0.15) is 0 Å². The molecule has 4 rings (SSSR count). The molecule has 0 aliphatic carbocycles. The van der Waals surface area contributed by atoms with Crippen molar-refractivity contribution in [3.05, 3.63) is 81.9 Å². The van der Waals surface area contributed by atoms with Crippen molar-refractivity contribution in [1.82, 2.24) is 14.5 Å². The standard InChI is InChI=1S/C25H30N4O3/c1-4-29-18(2)17-20(30)23(25(29)31)24(19-9-5-6-10-21(19)32-3)28-15-13-27(14-16-28)22-11-7-8-12-26-22/h5-12,17,24,30H,4,13-16H2,1-3H3/t24-/m1/s1. The normalized spacial score (nSPS) is 15.5. The summed E-state index contributed by atoms with van der Waals surface area (Å²) in [6.07, 6.45) is 1.80. The fraction of sp³-hybridized carbons (Fsp3) is 0.360. The van der Waals surface area contributed by atoms with E-state index < -0.39 is 6.04 Å². The molecule has 0 amide bonds. The molecule has 0 bridgehead atoms. The number of anilines is 1. The molecule has 0 saturated carbocycles. The monoisotopic (exact) mass is 434 g/mol. The Bertz CT molecular complexity index is 1120. The van der Waals surface area contributed by atoms with Gasteiger partial charge >= 0.3 is 0 Å². The first kappa shape index (κ1) is 21.9. The van der Waals surface area contributed by atoms with Crippen LogP contribution in [0.25, 0.3) is 0 Å². The lowest BCUT2D eigenvalue weighted by atomic mass is 9.95. The van der Waals surface area contributed by atoms with Crippen LogP contribution in [0.2, 0.25) is 0 Å². The number of aromatic hydroxyl groups is 1. The number of benzene rings is 1. The molecule has 1 aliphatic rings. The highest BCUT2D eigenvalue weighted by Gasteiger charge is 2.33. The number of ether oxygens (including phenoxy) is 1. The van der Waals surface area contributed by atoms with Crippen LogP contribution in [0.5, 0.6) is 11.5 Å². The van der Waals surface area contributed by atoms with Crippen molar-refractivity contribution in [2.24, 2.45) is 0 Å². The molecule has 0 unspecified atom stereocenters. The van der Waals surface area contributed by atoms with Gasteiger partial charge in [-0.25, -0.2) is 4.98 Å². The lowest BCUT2D eigenvalue weighted by Gasteiger charge is -2.40. The number of methoxy groups -OCH3 is 1. The Balaban J connectivity index is 1.77. The first-order valence-corrected chi connectivity index (χ1v) is 11.0. The average molecular weight is 435 g/mol. The summed E-state index contributed by atoms with van der Waals surface area (Å²) in [6, 6.07) is 14.9. The Morgan fingerprint density at radius 3 is 2.47 bits per heavy atom. The van der Waals surface area contributed by atoms with Gasteiger partial charge in [-0.1, -0.05) is 24.3 Å². The molecule has 7 nitrogen and oxygen atoms in total. The number of piperazine rings is 1. The fourth-order valence-electron chi connectivity index (χ4n) is 4.60. The van der Waals surface area contributed by atoms with Gasteiger partial charge in [0, 0.05) is 50.2 Å². The van der Waals surface area contributed by atoms with Crippen LogP contribution in [-0.4, -0.2) is 52.8 Å². The molecule has 1 atom stereocenters. The molecule has 1 fully saturated rings. The molecule has 0 spiro atoms.